The molecule has 1 aliphatic carbocycles. The van der Waals surface area contributed by atoms with Crippen molar-refractivity contribution in [3.63, 3.8) is 0 Å². The van der Waals surface area contributed by atoms with Gasteiger partial charge in [-0.3, -0.25) is 10.1 Å². The normalized spacial score (nSPS) is 23.6. The van der Waals surface area contributed by atoms with Crippen LogP contribution in [0.25, 0.3) is 0 Å². The number of hydrogen-bond donors (Lipinski definition) is 1. The van der Waals surface area contributed by atoms with Crippen LogP contribution < -0.4 is 5.32 Å². The summed E-state index contributed by atoms with van der Waals surface area (Å²) in [5.74, 6) is 0.528. The molecule has 1 saturated carbocycles. The lowest BCUT2D eigenvalue weighted by atomic mass is 9.88. The zero-order valence-electron chi connectivity index (χ0n) is 16.7. The highest BCUT2D eigenvalue weighted by Crippen LogP contribution is 2.30. The van der Waals surface area contributed by atoms with Gasteiger partial charge in [0.05, 0.1) is 36.5 Å². The third-order valence-electron chi connectivity index (χ3n) is 5.55. The lowest BCUT2D eigenvalue weighted by Gasteiger charge is -2.29. The van der Waals surface area contributed by atoms with Gasteiger partial charge in [-0.15, -0.1) is 0 Å². The molecule has 1 saturated heterocycles. The molecule has 1 N–H and O–H groups in total. The van der Waals surface area contributed by atoms with Crippen LogP contribution in [0, 0.1) is 16.0 Å². The van der Waals surface area contributed by atoms with Crippen molar-refractivity contribution in [1.29, 1.82) is 0 Å². The van der Waals surface area contributed by atoms with Gasteiger partial charge in [-0.1, -0.05) is 19.8 Å². The Morgan fingerprint density at radius 1 is 1.28 bits per heavy atom. The summed E-state index contributed by atoms with van der Waals surface area (Å²) in [7, 11) is -3.87. The summed E-state index contributed by atoms with van der Waals surface area (Å²) in [5, 5.41) is 14.3. The van der Waals surface area contributed by atoms with Crippen molar-refractivity contribution in [2.24, 2.45) is 5.92 Å². The highest BCUT2D eigenvalue weighted by molar-refractivity contribution is 7.89. The van der Waals surface area contributed by atoms with Gasteiger partial charge in [0.2, 0.25) is 10.0 Å². The highest BCUT2D eigenvalue weighted by Gasteiger charge is 2.30. The SMILES string of the molecule is CC1CCCCC1OCCNc1ccc([N+](=O)[O-])cc1S(=O)(=O)N1CCOCC1. The first-order chi connectivity index (χ1) is 13.9. The molecule has 0 amide bonds. The molecule has 1 aromatic rings. The molecular weight excluding hydrogens is 398 g/mol. The fraction of sp³-hybridized carbons (Fsp3) is 0.684. The van der Waals surface area contributed by atoms with Gasteiger partial charge in [0.25, 0.3) is 5.69 Å². The van der Waals surface area contributed by atoms with Crippen molar-refractivity contribution in [3.8, 4) is 0 Å². The summed E-state index contributed by atoms with van der Waals surface area (Å²) in [6.07, 6.45) is 4.87. The standard InChI is InChI=1S/C19H29N3O6S/c1-15-4-2-3-5-18(15)28-11-8-20-17-7-6-16(22(23)24)14-19(17)29(25,26)21-9-12-27-13-10-21/h6-7,14-15,18,20H,2-5,8-13H2,1H3. The van der Waals surface area contributed by atoms with Crippen molar-refractivity contribution in [2.75, 3.05) is 44.8 Å². The Hall–Kier alpha value is -1.75. The van der Waals surface area contributed by atoms with Crippen LogP contribution in [0.15, 0.2) is 23.1 Å². The van der Waals surface area contributed by atoms with Crippen LogP contribution in [0.2, 0.25) is 0 Å². The van der Waals surface area contributed by atoms with Crippen LogP contribution in [-0.2, 0) is 19.5 Å². The second-order valence-corrected chi connectivity index (χ2v) is 9.46. The van der Waals surface area contributed by atoms with E-state index in [1.54, 1.807) is 0 Å². The zero-order valence-corrected chi connectivity index (χ0v) is 17.5. The molecule has 0 bridgehead atoms. The van der Waals surface area contributed by atoms with E-state index < -0.39 is 14.9 Å². The molecule has 3 rings (SSSR count). The van der Waals surface area contributed by atoms with Crippen LogP contribution in [-0.4, -0.2) is 63.2 Å². The molecule has 2 atom stereocenters. The van der Waals surface area contributed by atoms with Crippen LogP contribution >= 0.6 is 0 Å². The van der Waals surface area contributed by atoms with Gasteiger partial charge in [0, 0.05) is 31.8 Å². The number of hydrogen-bond acceptors (Lipinski definition) is 7. The minimum Gasteiger partial charge on any atom is -0.382 e. The Labute approximate surface area is 171 Å². The molecule has 1 heterocycles. The van der Waals surface area contributed by atoms with Crippen molar-refractivity contribution >= 4 is 21.4 Å². The number of morpholine rings is 1. The smallest absolute Gasteiger partial charge is 0.270 e. The number of sulfonamides is 1. The molecule has 2 aliphatic rings. The molecule has 0 radical (unpaired) electrons. The molecule has 1 aromatic carbocycles. The fourth-order valence-electron chi connectivity index (χ4n) is 3.84. The van der Waals surface area contributed by atoms with Crippen LogP contribution in [0.1, 0.15) is 32.6 Å². The number of nitro groups is 1. The number of ether oxygens (including phenoxy) is 2. The van der Waals surface area contributed by atoms with E-state index in [1.807, 2.05) is 0 Å². The first-order valence-electron chi connectivity index (χ1n) is 10.1. The monoisotopic (exact) mass is 427 g/mol. The molecule has 2 fully saturated rings. The number of nitro benzene ring substituents is 1. The van der Waals surface area contributed by atoms with E-state index in [-0.39, 0.29) is 29.8 Å². The van der Waals surface area contributed by atoms with Crippen molar-refractivity contribution in [1.82, 2.24) is 4.31 Å². The van der Waals surface area contributed by atoms with Gasteiger partial charge in [0.1, 0.15) is 4.90 Å². The molecule has 0 aromatic heterocycles. The molecule has 9 nitrogen and oxygen atoms in total. The maximum atomic E-state index is 13.1. The summed E-state index contributed by atoms with van der Waals surface area (Å²) in [4.78, 5) is 10.5. The average Bonchev–Trinajstić information content (AvgIpc) is 2.73. The predicted molar refractivity (Wildman–Crippen MR) is 109 cm³/mol. The van der Waals surface area contributed by atoms with Gasteiger partial charge >= 0.3 is 0 Å². The van der Waals surface area contributed by atoms with E-state index in [9.17, 15) is 18.5 Å². The lowest BCUT2D eigenvalue weighted by Crippen LogP contribution is -2.40. The van der Waals surface area contributed by atoms with E-state index in [1.165, 1.54) is 35.7 Å². The summed E-state index contributed by atoms with van der Waals surface area (Å²) in [6, 6.07) is 3.89. The fourth-order valence-corrected chi connectivity index (χ4v) is 5.43. The molecular formula is C19H29N3O6S. The minimum atomic E-state index is -3.87. The van der Waals surface area contributed by atoms with Gasteiger partial charge in [-0.25, -0.2) is 8.42 Å². The van der Waals surface area contributed by atoms with E-state index >= 15 is 0 Å². The van der Waals surface area contributed by atoms with E-state index in [2.05, 4.69) is 12.2 Å². The Kier molecular flexibility index (Phi) is 7.44. The molecule has 10 heteroatoms. The zero-order chi connectivity index (χ0) is 20.9. The Morgan fingerprint density at radius 3 is 2.69 bits per heavy atom. The molecule has 29 heavy (non-hydrogen) atoms. The number of nitrogens with one attached hydrogen (secondary N) is 1. The summed E-state index contributed by atoms with van der Waals surface area (Å²) in [6.45, 7) is 4.14. The maximum absolute atomic E-state index is 13.1. The Balaban J connectivity index is 1.71. The second-order valence-electron chi connectivity index (χ2n) is 7.55. The maximum Gasteiger partial charge on any atom is 0.270 e. The number of nitrogens with zero attached hydrogens (tertiary/aromatic N) is 2. The summed E-state index contributed by atoms with van der Waals surface area (Å²) >= 11 is 0. The largest absolute Gasteiger partial charge is 0.382 e. The highest BCUT2D eigenvalue weighted by atomic mass is 32.2. The molecule has 0 spiro atoms. The summed E-state index contributed by atoms with van der Waals surface area (Å²) < 4.78 is 38.7. The van der Waals surface area contributed by atoms with Crippen LogP contribution in [0.3, 0.4) is 0 Å². The van der Waals surface area contributed by atoms with E-state index in [4.69, 9.17) is 9.47 Å². The minimum absolute atomic E-state index is 0.0837. The lowest BCUT2D eigenvalue weighted by molar-refractivity contribution is -0.385. The third-order valence-corrected chi connectivity index (χ3v) is 7.48. The second kappa shape index (κ2) is 9.84. The molecule has 162 valence electrons. The van der Waals surface area contributed by atoms with Gasteiger partial charge in [-0.05, 0) is 24.8 Å². The quantitative estimate of drug-likeness (QED) is 0.386. The average molecular weight is 428 g/mol. The Morgan fingerprint density at radius 2 is 2.00 bits per heavy atom. The van der Waals surface area contributed by atoms with Gasteiger partial charge in [0.15, 0.2) is 0 Å². The van der Waals surface area contributed by atoms with Crippen LogP contribution in [0.4, 0.5) is 11.4 Å². The van der Waals surface area contributed by atoms with E-state index in [0.717, 1.165) is 12.5 Å². The van der Waals surface area contributed by atoms with Crippen molar-refractivity contribution in [2.45, 2.75) is 43.6 Å². The predicted octanol–water partition coefficient (Wildman–Crippen LogP) is 2.62. The number of benzene rings is 1. The van der Waals surface area contributed by atoms with Crippen LogP contribution in [0.5, 0.6) is 0 Å². The summed E-state index contributed by atoms with van der Waals surface area (Å²) in [5.41, 5.74) is 0.0945. The Bertz CT molecular complexity index is 810. The van der Waals surface area contributed by atoms with Crippen molar-refractivity contribution in [3.05, 3.63) is 28.3 Å². The topological polar surface area (TPSA) is 111 Å². The molecule has 2 unspecified atom stereocenters. The van der Waals surface area contributed by atoms with Gasteiger partial charge in [-0.2, -0.15) is 4.31 Å². The number of non-ortho nitro benzene ring substituents is 1. The number of rotatable bonds is 8. The molecule has 1 aliphatic heterocycles. The van der Waals surface area contributed by atoms with Gasteiger partial charge < -0.3 is 14.8 Å². The van der Waals surface area contributed by atoms with Crippen molar-refractivity contribution < 1.29 is 22.8 Å². The van der Waals surface area contributed by atoms with E-state index in [0.29, 0.717) is 38.0 Å². The first-order valence-corrected chi connectivity index (χ1v) is 11.6. The first kappa shape index (κ1) is 21.9. The number of anilines is 1. The third kappa shape index (κ3) is 5.44.